The summed E-state index contributed by atoms with van der Waals surface area (Å²) in [5.74, 6) is -1.37. The molecule has 0 saturated heterocycles. The van der Waals surface area contributed by atoms with Gasteiger partial charge in [-0.05, 0) is 102 Å². The third-order valence-electron chi connectivity index (χ3n) is 8.70. The second-order valence-corrected chi connectivity index (χ2v) is 19.9. The third-order valence-corrected chi connectivity index (χ3v) is 14.0. The lowest BCUT2D eigenvalue weighted by atomic mass is 10.1. The predicted octanol–water partition coefficient (Wildman–Crippen LogP) is 9.44. The SMILES string of the molecule is Nc1cc(N)c(/N=N/c2ccc(NS(=O)(=O)c3ccc(/N=N/c4c(S(=O)(=O)O)cc5cc(SOOO)c(/N=N/c6ccc(S(=O)(=O)CCOSOOO)cc6)c(N)c5c4O)cc3)cc2)cc1Cl. The van der Waals surface area contributed by atoms with E-state index in [1.165, 1.54) is 91.0 Å². The largest absolute Gasteiger partial charge is 0.505 e. The molecule has 0 radical (unpaired) electrons. The summed E-state index contributed by atoms with van der Waals surface area (Å²) in [6, 6.07) is 20.7. The Bertz CT molecular complexity index is 3230. The number of hydrogen-bond acceptors (Lipinski definition) is 25. The molecule has 0 spiro atoms. The molecule has 11 N–H and O–H groups in total. The first kappa shape index (κ1) is 50.3. The standard InChI is InChI=1S/C36H31ClN10O15S5/c37-26-17-29(28(39)18-27(26)38)44-41-20-1-3-23(4-2-20)47-66(53,54)25-11-7-22(8-12-25)43-46-35-31(67(55,56)57)16-19-15-30(63-61-59-49)34(33(40)32(19)36(35)48)45-42-21-5-9-24(10-6-21)65(51,52)14-13-58-64-62-60-50/h1-12,15-18,47-50H,13-14,38-40H2,(H,55,56,57)/b44-41+,45-42+,46-43+. The molecule has 0 bridgehead atoms. The van der Waals surface area contributed by atoms with Crippen LogP contribution in [0.25, 0.3) is 10.8 Å². The minimum Gasteiger partial charge on any atom is -0.505 e. The minimum absolute atomic E-state index is 0.0262. The summed E-state index contributed by atoms with van der Waals surface area (Å²) < 4.78 is 103. The number of phenols is 1. The zero-order valence-electron chi connectivity index (χ0n) is 33.3. The van der Waals surface area contributed by atoms with Crippen molar-refractivity contribution in [1.82, 2.24) is 0 Å². The highest BCUT2D eigenvalue weighted by Crippen LogP contribution is 2.49. The number of nitrogens with two attached hydrogens (primary N) is 3. The van der Waals surface area contributed by atoms with Crippen LogP contribution in [0.4, 0.5) is 56.9 Å². The molecular formula is C36H31ClN10O15S5. The van der Waals surface area contributed by atoms with Crippen LogP contribution in [0.5, 0.6) is 5.75 Å². The van der Waals surface area contributed by atoms with Gasteiger partial charge in [-0.25, -0.2) is 27.4 Å². The second kappa shape index (κ2) is 21.7. The molecular weight excluding hydrogens is 1010 g/mol. The molecule has 0 fully saturated rings. The molecule has 0 aliphatic heterocycles. The number of nitrogen functional groups attached to an aromatic ring is 3. The molecule has 0 amide bonds. The lowest BCUT2D eigenvalue weighted by molar-refractivity contribution is -0.434. The molecule has 0 aliphatic carbocycles. The fraction of sp³-hybridized carbons (Fsp3) is 0.0556. The molecule has 67 heavy (non-hydrogen) atoms. The number of phenolic OH excluding ortho intramolecular Hbond substituents is 1. The van der Waals surface area contributed by atoms with Gasteiger partial charge >= 0.3 is 0 Å². The number of sulfonamides is 1. The van der Waals surface area contributed by atoms with Gasteiger partial charge in [-0.2, -0.15) is 23.8 Å². The lowest BCUT2D eigenvalue weighted by Crippen LogP contribution is -2.12. The summed E-state index contributed by atoms with van der Waals surface area (Å²) in [6.07, 6.45) is 0. The van der Waals surface area contributed by atoms with Crippen molar-refractivity contribution < 1.29 is 68.4 Å². The van der Waals surface area contributed by atoms with Crippen LogP contribution in [0.1, 0.15) is 0 Å². The Morgan fingerprint density at radius 1 is 0.672 bits per heavy atom. The number of azo groups is 3. The van der Waals surface area contributed by atoms with Crippen LogP contribution >= 0.6 is 36.0 Å². The molecule has 6 rings (SSSR count). The van der Waals surface area contributed by atoms with Crippen LogP contribution in [-0.4, -0.2) is 57.8 Å². The third kappa shape index (κ3) is 12.7. The van der Waals surface area contributed by atoms with Crippen molar-refractivity contribution in [2.24, 2.45) is 30.7 Å². The first-order valence-electron chi connectivity index (χ1n) is 18.0. The van der Waals surface area contributed by atoms with E-state index in [-0.39, 0.29) is 94.9 Å². The zero-order valence-corrected chi connectivity index (χ0v) is 38.1. The molecule has 25 nitrogen and oxygen atoms in total. The van der Waals surface area contributed by atoms with Crippen LogP contribution in [0.2, 0.25) is 5.02 Å². The van der Waals surface area contributed by atoms with E-state index in [4.69, 9.17) is 43.5 Å². The topological polar surface area (TPSA) is 394 Å². The van der Waals surface area contributed by atoms with E-state index >= 15 is 0 Å². The van der Waals surface area contributed by atoms with Crippen molar-refractivity contribution in [1.29, 1.82) is 0 Å². The zero-order chi connectivity index (χ0) is 48.5. The fourth-order valence-electron chi connectivity index (χ4n) is 5.58. The van der Waals surface area contributed by atoms with Crippen molar-refractivity contribution in [3.8, 4) is 5.75 Å². The Morgan fingerprint density at radius 3 is 1.84 bits per heavy atom. The van der Waals surface area contributed by atoms with Gasteiger partial charge in [0.25, 0.3) is 20.1 Å². The van der Waals surface area contributed by atoms with Crippen LogP contribution in [-0.2, 0) is 52.9 Å². The Hall–Kier alpha value is -6.10. The number of halogens is 1. The van der Waals surface area contributed by atoms with E-state index in [2.05, 4.69) is 54.2 Å². The van der Waals surface area contributed by atoms with Gasteiger partial charge < -0.3 is 22.3 Å². The highest BCUT2D eigenvalue weighted by molar-refractivity contribution is 7.94. The molecule has 0 unspecified atom stereocenters. The minimum atomic E-state index is -5.14. The Balaban J connectivity index is 1.24. The number of nitrogens with one attached hydrogen (secondary N) is 1. The number of anilines is 4. The first-order valence-corrected chi connectivity index (χ1v) is 24.3. The molecule has 0 saturated carbocycles. The quantitative estimate of drug-likeness (QED) is 0.00670. The molecule has 0 aliphatic rings. The van der Waals surface area contributed by atoms with Crippen LogP contribution in [0.15, 0.2) is 147 Å². The van der Waals surface area contributed by atoms with Crippen molar-refractivity contribution in [2.45, 2.75) is 19.6 Å². The smallest absolute Gasteiger partial charge is 0.296 e. The van der Waals surface area contributed by atoms with Crippen LogP contribution in [0, 0.1) is 0 Å². The summed E-state index contributed by atoms with van der Waals surface area (Å²) in [6.45, 7) is -0.324. The molecule has 6 aromatic rings. The number of nitrogens with zero attached hydrogens (tertiary/aromatic N) is 6. The van der Waals surface area contributed by atoms with Crippen molar-refractivity contribution in [3.05, 3.63) is 102 Å². The maximum Gasteiger partial charge on any atom is 0.296 e. The normalized spacial score (nSPS) is 12.5. The van der Waals surface area contributed by atoms with Crippen molar-refractivity contribution in [2.75, 3.05) is 34.3 Å². The maximum absolute atomic E-state index is 13.2. The van der Waals surface area contributed by atoms with E-state index in [1.807, 2.05) is 0 Å². The molecule has 0 aromatic heterocycles. The van der Waals surface area contributed by atoms with E-state index in [1.54, 1.807) is 0 Å². The van der Waals surface area contributed by atoms with E-state index in [0.717, 1.165) is 6.07 Å². The number of rotatable bonds is 20. The van der Waals surface area contributed by atoms with Gasteiger partial charge in [0.15, 0.2) is 27.9 Å². The van der Waals surface area contributed by atoms with Gasteiger partial charge in [0, 0.05) is 5.69 Å². The number of aromatic hydroxyl groups is 1. The molecule has 352 valence electrons. The highest BCUT2D eigenvalue weighted by Gasteiger charge is 2.26. The fourth-order valence-corrected chi connectivity index (χ4v) is 9.38. The predicted molar refractivity (Wildman–Crippen MR) is 244 cm³/mol. The summed E-state index contributed by atoms with van der Waals surface area (Å²) >= 11 is 6.58. The van der Waals surface area contributed by atoms with Gasteiger partial charge in [0.05, 0.1) is 83.6 Å². The van der Waals surface area contributed by atoms with E-state index < -0.39 is 52.1 Å². The second-order valence-electron chi connectivity index (χ2n) is 13.0. The van der Waals surface area contributed by atoms with Crippen molar-refractivity contribution >= 4 is 134 Å². The summed E-state index contributed by atoms with van der Waals surface area (Å²) in [5, 5.41) is 59.4. The number of sulfone groups is 1. The lowest BCUT2D eigenvalue weighted by Gasteiger charge is -2.14. The average Bonchev–Trinajstić information content (AvgIpc) is 3.28. The summed E-state index contributed by atoms with van der Waals surface area (Å²) in [4.78, 5) is -1.31. The number of hydrogen-bond donors (Lipinski definition) is 8. The molecule has 6 aromatic carbocycles. The highest BCUT2D eigenvalue weighted by atomic mass is 35.5. The van der Waals surface area contributed by atoms with Crippen molar-refractivity contribution in [3.63, 3.8) is 0 Å². The first-order chi connectivity index (χ1) is 31.8. The Labute approximate surface area is 392 Å². The van der Waals surface area contributed by atoms with Gasteiger partial charge in [0.2, 0.25) is 0 Å². The van der Waals surface area contributed by atoms with Gasteiger partial charge in [-0.3, -0.25) is 13.5 Å². The van der Waals surface area contributed by atoms with Gasteiger partial charge in [-0.1, -0.05) is 21.7 Å². The monoisotopic (exact) mass is 1040 g/mol. The van der Waals surface area contributed by atoms with Gasteiger partial charge in [0.1, 0.15) is 22.0 Å². The number of fused-ring (bicyclic) bond motifs is 1. The Morgan fingerprint density at radius 2 is 1.24 bits per heavy atom. The van der Waals surface area contributed by atoms with E-state index in [9.17, 15) is 34.9 Å². The van der Waals surface area contributed by atoms with Crippen LogP contribution in [0.3, 0.4) is 0 Å². The van der Waals surface area contributed by atoms with E-state index in [0.29, 0.717) is 17.7 Å². The van der Waals surface area contributed by atoms with Crippen LogP contribution < -0.4 is 21.9 Å². The molecule has 31 heteroatoms. The van der Waals surface area contributed by atoms with Gasteiger partial charge in [-0.15, -0.1) is 24.0 Å². The molecule has 0 atom stereocenters. The average molecular weight is 1040 g/mol. The summed E-state index contributed by atoms with van der Waals surface area (Å²) in [7, 11) is -13.1. The summed E-state index contributed by atoms with van der Waals surface area (Å²) in [5.41, 5.74) is 18.1. The maximum atomic E-state index is 13.2. The molecule has 0 heterocycles. The number of benzene rings is 6. The Kier molecular flexibility index (Phi) is 16.3.